The number of ketones is 2. The van der Waals surface area contributed by atoms with E-state index in [0.29, 0.717) is 31.2 Å². The van der Waals surface area contributed by atoms with Gasteiger partial charge in [-0.1, -0.05) is 39.3 Å². The van der Waals surface area contributed by atoms with E-state index >= 15 is 0 Å². The van der Waals surface area contributed by atoms with Crippen LogP contribution in [0.4, 0.5) is 0 Å². The molecule has 0 saturated heterocycles. The van der Waals surface area contributed by atoms with E-state index in [1.165, 1.54) is 18.5 Å². The number of rotatable bonds is 30. The lowest BCUT2D eigenvalue weighted by molar-refractivity contribution is -0.287. The summed E-state index contributed by atoms with van der Waals surface area (Å²) in [5.74, 6) is 0.830. The van der Waals surface area contributed by atoms with Crippen LogP contribution in [0.5, 0.6) is 0 Å². The van der Waals surface area contributed by atoms with Crippen LogP contribution in [0.3, 0.4) is 0 Å². The molecule has 0 amide bonds. The summed E-state index contributed by atoms with van der Waals surface area (Å²) in [5.41, 5.74) is 0. The minimum absolute atomic E-state index is 0.173. The summed E-state index contributed by atoms with van der Waals surface area (Å²) in [5, 5.41) is 0. The van der Waals surface area contributed by atoms with Crippen molar-refractivity contribution in [2.24, 2.45) is 0 Å². The maximum Gasteiger partial charge on any atom is 0.161 e. The zero-order valence-electron chi connectivity index (χ0n) is 28.7. The average Bonchev–Trinajstić information content (AvgIpc) is 3.02. The molecule has 8 nitrogen and oxygen atoms in total. The number of hydrogen-bond acceptors (Lipinski definition) is 8. The Hall–Kier alpha value is -0.756. The highest BCUT2D eigenvalue weighted by molar-refractivity contribution is 6.33. The van der Waals surface area contributed by atoms with E-state index in [4.69, 9.17) is 18.7 Å². The van der Waals surface area contributed by atoms with Crippen LogP contribution in [0, 0.1) is 0 Å². The van der Waals surface area contributed by atoms with Gasteiger partial charge in [0.15, 0.2) is 9.76 Å². The quantitative estimate of drug-likeness (QED) is 0.0375. The zero-order valence-corrected chi connectivity index (χ0v) is 31.5. The van der Waals surface area contributed by atoms with Crippen molar-refractivity contribution in [1.29, 1.82) is 0 Å². The standard InChI is InChI=1S/C25H52O5Si2.C4H10O2.C2H6.CH2O/c1-3-30-32-23-13-7-17-25(27)15-5-9-19-29-21-11-10-20-28-18-8-4-14-24(26)16-6-12-22-31-2;1-3-5-6-4-2;2*1-2/h3-23,31-32H2,1-2H3;3-4H2,1-2H3;1-2H3;1H2. The Bertz CT molecular complexity index is 495. The Balaban J connectivity index is -0.000000625. The minimum Gasteiger partial charge on any atom is -0.424 e. The van der Waals surface area contributed by atoms with Crippen molar-refractivity contribution >= 4 is 37.6 Å². The van der Waals surface area contributed by atoms with Crippen molar-refractivity contribution in [3.8, 4) is 0 Å². The van der Waals surface area contributed by atoms with Crippen LogP contribution in [-0.4, -0.2) is 83.9 Å². The van der Waals surface area contributed by atoms with E-state index in [2.05, 4.69) is 16.3 Å². The summed E-state index contributed by atoms with van der Waals surface area (Å²) < 4.78 is 16.8. The van der Waals surface area contributed by atoms with Crippen molar-refractivity contribution < 1.29 is 38.1 Å². The fraction of sp³-hybridized carbons (Fsp3) is 0.906. The van der Waals surface area contributed by atoms with E-state index < -0.39 is 0 Å². The SMILES string of the molecule is C=O.CC.CCOOCC.CCO[SiH2]CCCCC(=O)CCCCOCCCCOCCCCC(=O)CCCC[SiH2]C. The molecule has 0 aromatic carbocycles. The molecule has 0 N–H and O–H groups in total. The van der Waals surface area contributed by atoms with Crippen LogP contribution >= 0.6 is 0 Å². The summed E-state index contributed by atoms with van der Waals surface area (Å²) in [6.45, 7) is 19.3. The second kappa shape index (κ2) is 49.9. The van der Waals surface area contributed by atoms with Gasteiger partial charge < -0.3 is 18.7 Å². The summed E-state index contributed by atoms with van der Waals surface area (Å²) in [4.78, 5) is 40.6. The van der Waals surface area contributed by atoms with E-state index in [9.17, 15) is 9.59 Å². The molecule has 10 heteroatoms. The monoisotopic (exact) mass is 638 g/mol. The van der Waals surface area contributed by atoms with Gasteiger partial charge in [-0.05, 0) is 78.2 Å². The van der Waals surface area contributed by atoms with Crippen LogP contribution < -0.4 is 0 Å². The van der Waals surface area contributed by atoms with Gasteiger partial charge in [0.1, 0.15) is 18.4 Å². The van der Waals surface area contributed by atoms with Crippen LogP contribution in [0.1, 0.15) is 125 Å². The molecule has 0 bridgehead atoms. The van der Waals surface area contributed by atoms with Crippen LogP contribution in [0.25, 0.3) is 0 Å². The number of hydrogen-bond donors (Lipinski definition) is 0. The highest BCUT2D eigenvalue weighted by Gasteiger charge is 2.03. The van der Waals surface area contributed by atoms with Gasteiger partial charge in [-0.3, -0.25) is 9.59 Å². The van der Waals surface area contributed by atoms with Crippen molar-refractivity contribution in [2.75, 3.05) is 46.2 Å². The van der Waals surface area contributed by atoms with Crippen molar-refractivity contribution in [2.45, 2.75) is 143 Å². The molecule has 0 aromatic heterocycles. The molecule has 0 radical (unpaired) electrons. The maximum atomic E-state index is 11.8. The third kappa shape index (κ3) is 51.9. The molecule has 42 heavy (non-hydrogen) atoms. The van der Waals surface area contributed by atoms with Crippen LogP contribution in [0.2, 0.25) is 18.6 Å². The first-order valence-electron chi connectivity index (χ1n) is 16.9. The van der Waals surface area contributed by atoms with E-state index in [1.807, 2.05) is 41.4 Å². The normalized spacial score (nSPS) is 10.6. The number of carbonyl (C=O) groups is 3. The van der Waals surface area contributed by atoms with Crippen LogP contribution in [-0.2, 0) is 38.1 Å². The Morgan fingerprint density at radius 1 is 0.548 bits per heavy atom. The van der Waals surface area contributed by atoms with Gasteiger partial charge in [-0.25, -0.2) is 9.78 Å². The van der Waals surface area contributed by atoms with Crippen molar-refractivity contribution in [1.82, 2.24) is 0 Å². The lowest BCUT2D eigenvalue weighted by Crippen LogP contribution is -2.03. The summed E-state index contributed by atoms with van der Waals surface area (Å²) in [6, 6.07) is 2.57. The van der Waals surface area contributed by atoms with Gasteiger partial charge in [-0.2, -0.15) is 0 Å². The smallest absolute Gasteiger partial charge is 0.161 e. The van der Waals surface area contributed by atoms with Crippen molar-refractivity contribution in [3.63, 3.8) is 0 Å². The topological polar surface area (TPSA) is 97.4 Å². The molecule has 0 aromatic rings. The fourth-order valence-corrected chi connectivity index (χ4v) is 5.58. The first kappa shape index (κ1) is 48.2. The molecule has 254 valence electrons. The molecule has 0 aliphatic rings. The Morgan fingerprint density at radius 2 is 0.905 bits per heavy atom. The van der Waals surface area contributed by atoms with E-state index in [0.717, 1.165) is 110 Å². The summed E-state index contributed by atoms with van der Waals surface area (Å²) >= 11 is 0. The maximum absolute atomic E-state index is 11.8. The molecule has 0 fully saturated rings. The van der Waals surface area contributed by atoms with Gasteiger partial charge >= 0.3 is 0 Å². The Labute approximate surface area is 264 Å². The fourth-order valence-electron chi connectivity index (χ4n) is 3.68. The number of Topliss-reactive ketones (excluding diaryl/α,β-unsaturated/α-hetero) is 2. The number of ether oxygens (including phenoxy) is 2. The minimum atomic E-state index is -0.326. The summed E-state index contributed by atoms with van der Waals surface area (Å²) in [7, 11) is -0.152. The number of unbranched alkanes of at least 4 members (excludes halogenated alkanes) is 5. The van der Waals surface area contributed by atoms with Gasteiger partial charge in [0.25, 0.3) is 0 Å². The molecule has 0 saturated carbocycles. The van der Waals surface area contributed by atoms with Gasteiger partial charge in [0.05, 0.1) is 13.2 Å². The first-order chi connectivity index (χ1) is 20.6. The van der Waals surface area contributed by atoms with Gasteiger partial charge in [0, 0.05) is 68.2 Å². The van der Waals surface area contributed by atoms with E-state index in [-0.39, 0.29) is 19.3 Å². The average molecular weight is 639 g/mol. The van der Waals surface area contributed by atoms with Crippen LogP contribution in [0.15, 0.2) is 0 Å². The largest absolute Gasteiger partial charge is 0.424 e. The lowest BCUT2D eigenvalue weighted by atomic mass is 10.1. The molecular formula is C32H70O8Si2. The van der Waals surface area contributed by atoms with Gasteiger partial charge in [0.2, 0.25) is 0 Å². The highest BCUT2D eigenvalue weighted by atomic mass is 28.2. The molecule has 0 spiro atoms. The molecular weight excluding hydrogens is 569 g/mol. The Morgan fingerprint density at radius 3 is 1.26 bits per heavy atom. The second-order valence-electron chi connectivity index (χ2n) is 9.55. The first-order valence-corrected chi connectivity index (χ1v) is 20.9. The molecule has 0 atom stereocenters. The third-order valence-corrected chi connectivity index (χ3v) is 8.59. The summed E-state index contributed by atoms with van der Waals surface area (Å²) in [6.07, 6.45) is 13.3. The van der Waals surface area contributed by atoms with Gasteiger partial charge in [-0.15, -0.1) is 0 Å². The predicted molar refractivity (Wildman–Crippen MR) is 182 cm³/mol. The molecule has 0 unspecified atom stereocenters. The Kier molecular flexibility index (Phi) is 57.2. The van der Waals surface area contributed by atoms with Crippen molar-refractivity contribution in [3.05, 3.63) is 0 Å². The van der Waals surface area contributed by atoms with E-state index in [1.54, 1.807) is 0 Å². The molecule has 0 heterocycles. The zero-order chi connectivity index (χ0) is 32.4. The number of carbonyl (C=O) groups excluding carboxylic acids is 3. The third-order valence-electron chi connectivity index (χ3n) is 5.89. The molecule has 0 aliphatic heterocycles. The second-order valence-corrected chi connectivity index (χ2v) is 12.8. The molecule has 0 aliphatic carbocycles. The lowest BCUT2D eigenvalue weighted by Gasteiger charge is -2.06. The predicted octanol–water partition coefficient (Wildman–Crippen LogP) is 6.61. The highest BCUT2D eigenvalue weighted by Crippen LogP contribution is 2.07. The molecule has 0 rings (SSSR count).